The summed E-state index contributed by atoms with van der Waals surface area (Å²) in [7, 11) is 3.25. The molecule has 2 aromatic heterocycles. The van der Waals surface area contributed by atoms with Gasteiger partial charge in [0.1, 0.15) is 5.56 Å². The topological polar surface area (TPSA) is 56.6 Å². The van der Waals surface area contributed by atoms with Gasteiger partial charge in [-0.15, -0.1) is 0 Å². The molecule has 1 aliphatic heterocycles. The molecular formula is C18H23N3O3. The molecule has 0 N–H and O–H groups in total. The Morgan fingerprint density at radius 2 is 2.17 bits per heavy atom. The molecule has 3 rings (SSSR count). The Labute approximate surface area is 142 Å². The van der Waals surface area contributed by atoms with Crippen LogP contribution in [0.2, 0.25) is 0 Å². The van der Waals surface area contributed by atoms with Gasteiger partial charge in [-0.1, -0.05) is 0 Å². The summed E-state index contributed by atoms with van der Waals surface area (Å²) >= 11 is 0. The lowest BCUT2D eigenvalue weighted by atomic mass is 10.1. The molecule has 0 radical (unpaired) electrons. The summed E-state index contributed by atoms with van der Waals surface area (Å²) in [4.78, 5) is 19.1. The second kappa shape index (κ2) is 7.49. The van der Waals surface area contributed by atoms with Crippen molar-refractivity contribution in [3.63, 3.8) is 0 Å². The lowest BCUT2D eigenvalue weighted by Crippen LogP contribution is -2.34. The van der Waals surface area contributed by atoms with Crippen molar-refractivity contribution in [3.8, 4) is 5.88 Å². The molecule has 3 heterocycles. The zero-order valence-corrected chi connectivity index (χ0v) is 14.1. The van der Waals surface area contributed by atoms with Crippen LogP contribution in [0.1, 0.15) is 22.5 Å². The summed E-state index contributed by atoms with van der Waals surface area (Å²) in [5.41, 5.74) is 1.65. The van der Waals surface area contributed by atoms with Gasteiger partial charge in [-0.25, -0.2) is 4.98 Å². The van der Waals surface area contributed by atoms with Crippen molar-refractivity contribution in [2.24, 2.45) is 5.92 Å². The highest BCUT2D eigenvalue weighted by Gasteiger charge is 2.27. The average Bonchev–Trinajstić information content (AvgIpc) is 2.97. The minimum atomic E-state index is -0.0444. The van der Waals surface area contributed by atoms with Crippen molar-refractivity contribution in [1.82, 2.24) is 14.5 Å². The third-order valence-corrected chi connectivity index (χ3v) is 4.42. The van der Waals surface area contributed by atoms with Gasteiger partial charge in [0.2, 0.25) is 5.88 Å². The van der Waals surface area contributed by atoms with Crippen molar-refractivity contribution in [1.29, 1.82) is 0 Å². The summed E-state index contributed by atoms with van der Waals surface area (Å²) in [5.74, 6) is 0.679. The number of pyridine rings is 1. The fourth-order valence-corrected chi connectivity index (χ4v) is 3.19. The zero-order valence-electron chi connectivity index (χ0n) is 14.1. The normalized spacial score (nSPS) is 17.2. The van der Waals surface area contributed by atoms with E-state index in [4.69, 9.17) is 9.47 Å². The molecule has 128 valence electrons. The van der Waals surface area contributed by atoms with Gasteiger partial charge < -0.3 is 18.9 Å². The average molecular weight is 329 g/mol. The number of amides is 1. The number of methoxy groups -OCH3 is 2. The monoisotopic (exact) mass is 329 g/mol. The molecular weight excluding hydrogens is 306 g/mol. The van der Waals surface area contributed by atoms with E-state index < -0.39 is 0 Å². The Kier molecular flexibility index (Phi) is 5.15. The number of aromatic nitrogens is 2. The number of hydrogen-bond donors (Lipinski definition) is 0. The van der Waals surface area contributed by atoms with Crippen molar-refractivity contribution in [3.05, 3.63) is 47.9 Å². The van der Waals surface area contributed by atoms with E-state index in [0.29, 0.717) is 37.1 Å². The van der Waals surface area contributed by atoms with Crippen molar-refractivity contribution in [2.45, 2.75) is 19.5 Å². The van der Waals surface area contributed by atoms with E-state index in [1.807, 2.05) is 11.0 Å². The fourth-order valence-electron chi connectivity index (χ4n) is 3.19. The van der Waals surface area contributed by atoms with Crippen LogP contribution in [0.5, 0.6) is 5.88 Å². The van der Waals surface area contributed by atoms with Crippen molar-refractivity contribution < 1.29 is 14.3 Å². The SMILES string of the molecule is COCCC1CN(C(=O)c2cccnc2OC)Cc2cccn2C1. The highest BCUT2D eigenvalue weighted by atomic mass is 16.5. The maximum atomic E-state index is 13.0. The summed E-state index contributed by atoms with van der Waals surface area (Å²) in [6.45, 7) is 2.88. The lowest BCUT2D eigenvalue weighted by molar-refractivity contribution is 0.0701. The van der Waals surface area contributed by atoms with Gasteiger partial charge >= 0.3 is 0 Å². The Hall–Kier alpha value is -2.34. The van der Waals surface area contributed by atoms with Crippen molar-refractivity contribution >= 4 is 5.91 Å². The molecule has 0 bridgehead atoms. The minimum absolute atomic E-state index is 0.0444. The van der Waals surface area contributed by atoms with Gasteiger partial charge in [0.15, 0.2) is 0 Å². The van der Waals surface area contributed by atoms with E-state index in [2.05, 4.69) is 21.8 Å². The minimum Gasteiger partial charge on any atom is -0.480 e. The summed E-state index contributed by atoms with van der Waals surface area (Å²) in [6.07, 6.45) is 4.63. The van der Waals surface area contributed by atoms with Crippen LogP contribution in [-0.4, -0.2) is 47.7 Å². The lowest BCUT2D eigenvalue weighted by Gasteiger charge is -2.24. The number of hydrogen-bond acceptors (Lipinski definition) is 4. The molecule has 0 saturated carbocycles. The molecule has 0 aliphatic carbocycles. The van der Waals surface area contributed by atoms with Crippen LogP contribution >= 0.6 is 0 Å². The van der Waals surface area contributed by atoms with Crippen LogP contribution in [-0.2, 0) is 17.8 Å². The maximum absolute atomic E-state index is 13.0. The van der Waals surface area contributed by atoms with E-state index >= 15 is 0 Å². The predicted molar refractivity (Wildman–Crippen MR) is 89.9 cm³/mol. The van der Waals surface area contributed by atoms with Crippen LogP contribution in [0.3, 0.4) is 0 Å². The molecule has 0 aromatic carbocycles. The van der Waals surface area contributed by atoms with Gasteiger partial charge in [0.05, 0.1) is 13.7 Å². The summed E-state index contributed by atoms with van der Waals surface area (Å²) in [5, 5.41) is 0. The highest BCUT2D eigenvalue weighted by Crippen LogP contribution is 2.23. The summed E-state index contributed by atoms with van der Waals surface area (Å²) < 4.78 is 12.7. The van der Waals surface area contributed by atoms with Crippen LogP contribution in [0.15, 0.2) is 36.7 Å². The first-order valence-corrected chi connectivity index (χ1v) is 8.14. The number of fused-ring (bicyclic) bond motifs is 1. The Morgan fingerprint density at radius 1 is 1.29 bits per heavy atom. The number of rotatable bonds is 5. The number of carbonyl (C=O) groups excluding carboxylic acids is 1. The van der Waals surface area contributed by atoms with E-state index in [1.165, 1.54) is 7.11 Å². The molecule has 2 aromatic rings. The molecule has 0 saturated heterocycles. The first-order chi connectivity index (χ1) is 11.7. The quantitative estimate of drug-likeness (QED) is 0.844. The highest BCUT2D eigenvalue weighted by molar-refractivity contribution is 5.96. The maximum Gasteiger partial charge on any atom is 0.259 e. The third-order valence-electron chi connectivity index (χ3n) is 4.42. The van der Waals surface area contributed by atoms with Crippen LogP contribution < -0.4 is 4.74 Å². The molecule has 6 heteroatoms. The Morgan fingerprint density at radius 3 is 2.96 bits per heavy atom. The molecule has 1 amide bonds. The second-order valence-electron chi connectivity index (χ2n) is 6.05. The largest absolute Gasteiger partial charge is 0.480 e. The second-order valence-corrected chi connectivity index (χ2v) is 6.05. The number of ether oxygens (including phenoxy) is 2. The molecule has 1 aliphatic rings. The van der Waals surface area contributed by atoms with Crippen LogP contribution in [0.25, 0.3) is 0 Å². The van der Waals surface area contributed by atoms with E-state index in [1.54, 1.807) is 25.4 Å². The fraction of sp³-hybridized carbons (Fsp3) is 0.444. The number of nitrogens with zero attached hydrogens (tertiary/aromatic N) is 3. The first kappa shape index (κ1) is 16.5. The first-order valence-electron chi connectivity index (χ1n) is 8.14. The predicted octanol–water partition coefficient (Wildman–Crippen LogP) is 2.20. The van der Waals surface area contributed by atoms with Crippen LogP contribution in [0.4, 0.5) is 0 Å². The molecule has 1 unspecified atom stereocenters. The Balaban J connectivity index is 1.86. The van der Waals surface area contributed by atoms with E-state index in [0.717, 1.165) is 18.7 Å². The van der Waals surface area contributed by atoms with Gasteiger partial charge in [-0.05, 0) is 36.6 Å². The number of carbonyl (C=O) groups is 1. The van der Waals surface area contributed by atoms with Gasteiger partial charge in [0, 0.05) is 44.9 Å². The zero-order chi connectivity index (χ0) is 16.9. The van der Waals surface area contributed by atoms with Crippen molar-refractivity contribution in [2.75, 3.05) is 27.4 Å². The van der Waals surface area contributed by atoms with Crippen LogP contribution in [0, 0.1) is 5.92 Å². The standard InChI is InChI=1S/C18H23N3O3/c1-23-10-7-14-11-20-9-4-5-15(20)13-21(12-14)18(22)16-6-3-8-19-17(16)24-2/h3-6,8-9,14H,7,10-13H2,1-2H3. The van der Waals surface area contributed by atoms with E-state index in [-0.39, 0.29) is 5.91 Å². The van der Waals surface area contributed by atoms with Gasteiger partial charge in [-0.3, -0.25) is 4.79 Å². The summed E-state index contributed by atoms with van der Waals surface area (Å²) in [6, 6.07) is 7.63. The molecule has 0 spiro atoms. The Bertz CT molecular complexity index is 698. The molecule has 0 fully saturated rings. The molecule has 1 atom stereocenters. The molecule has 24 heavy (non-hydrogen) atoms. The smallest absolute Gasteiger partial charge is 0.259 e. The third kappa shape index (κ3) is 3.43. The molecule has 6 nitrogen and oxygen atoms in total. The van der Waals surface area contributed by atoms with E-state index in [9.17, 15) is 4.79 Å². The van der Waals surface area contributed by atoms with Gasteiger partial charge in [-0.2, -0.15) is 0 Å². The van der Waals surface area contributed by atoms with Gasteiger partial charge in [0.25, 0.3) is 5.91 Å².